The second kappa shape index (κ2) is 8.51. The van der Waals surface area contributed by atoms with Gasteiger partial charge in [0.1, 0.15) is 12.3 Å². The number of aromatic nitrogens is 2. The number of ether oxygens (including phenoxy) is 1. The molecule has 0 fully saturated rings. The first-order valence-corrected chi connectivity index (χ1v) is 8.67. The molecule has 3 rings (SSSR count). The number of nitrogens with zero attached hydrogens (tertiary/aromatic N) is 2. The summed E-state index contributed by atoms with van der Waals surface area (Å²) in [5.41, 5.74) is 1.99. The third-order valence-corrected chi connectivity index (χ3v) is 4.20. The summed E-state index contributed by atoms with van der Waals surface area (Å²) in [5.74, 6) is 0.452. The smallest absolute Gasteiger partial charge is 0.267 e. The molecule has 27 heavy (non-hydrogen) atoms. The van der Waals surface area contributed by atoms with Crippen LogP contribution in [0.15, 0.2) is 65.5 Å². The van der Waals surface area contributed by atoms with Crippen molar-refractivity contribution >= 4 is 17.5 Å². The minimum absolute atomic E-state index is 0.156. The topological polar surface area (TPSA) is 73.2 Å². The van der Waals surface area contributed by atoms with Crippen molar-refractivity contribution in [3.05, 3.63) is 81.6 Å². The zero-order valence-corrected chi connectivity index (χ0v) is 15.4. The molecule has 0 radical (unpaired) electrons. The number of carbonyl (C=O) groups excluding carboxylic acids is 1. The SMILES string of the molecule is COc1ccc(CNC(=O)Cn2nc(-c3ccc(Cl)cc3)ccc2=O)cc1. The molecule has 0 atom stereocenters. The number of rotatable bonds is 6. The maximum absolute atomic E-state index is 12.2. The number of methoxy groups -OCH3 is 1. The lowest BCUT2D eigenvalue weighted by Gasteiger charge is -2.09. The minimum atomic E-state index is -0.340. The Morgan fingerprint density at radius 3 is 2.44 bits per heavy atom. The fraction of sp³-hybridized carbons (Fsp3) is 0.150. The Hall–Kier alpha value is -3.12. The molecule has 1 aromatic heterocycles. The molecule has 2 aromatic carbocycles. The number of amides is 1. The van der Waals surface area contributed by atoms with Crippen molar-refractivity contribution in [1.82, 2.24) is 15.1 Å². The number of halogens is 1. The Labute approximate surface area is 161 Å². The first-order valence-electron chi connectivity index (χ1n) is 8.29. The van der Waals surface area contributed by atoms with Gasteiger partial charge in [0.25, 0.3) is 5.56 Å². The van der Waals surface area contributed by atoms with Crippen molar-refractivity contribution in [2.75, 3.05) is 7.11 Å². The van der Waals surface area contributed by atoms with Crippen LogP contribution in [-0.2, 0) is 17.9 Å². The number of nitrogens with one attached hydrogen (secondary N) is 1. The van der Waals surface area contributed by atoms with Crippen LogP contribution >= 0.6 is 11.6 Å². The van der Waals surface area contributed by atoms with Gasteiger partial charge in [-0.1, -0.05) is 35.9 Å². The zero-order chi connectivity index (χ0) is 19.2. The van der Waals surface area contributed by atoms with Crippen LogP contribution in [0.4, 0.5) is 0 Å². The van der Waals surface area contributed by atoms with Crippen LogP contribution in [0, 0.1) is 0 Å². The highest BCUT2D eigenvalue weighted by molar-refractivity contribution is 6.30. The summed E-state index contributed by atoms with van der Waals surface area (Å²) < 4.78 is 6.25. The van der Waals surface area contributed by atoms with Crippen LogP contribution in [0.2, 0.25) is 5.02 Å². The van der Waals surface area contributed by atoms with Gasteiger partial charge >= 0.3 is 0 Å². The van der Waals surface area contributed by atoms with Crippen molar-refractivity contribution in [1.29, 1.82) is 0 Å². The Bertz CT molecular complexity index is 983. The lowest BCUT2D eigenvalue weighted by Crippen LogP contribution is -2.33. The second-order valence-corrected chi connectivity index (χ2v) is 6.28. The molecule has 0 saturated carbocycles. The number of carbonyl (C=O) groups is 1. The Morgan fingerprint density at radius 1 is 1.07 bits per heavy atom. The van der Waals surface area contributed by atoms with E-state index in [1.807, 2.05) is 36.4 Å². The minimum Gasteiger partial charge on any atom is -0.497 e. The predicted molar refractivity (Wildman–Crippen MR) is 104 cm³/mol. The van der Waals surface area contributed by atoms with E-state index in [2.05, 4.69) is 10.4 Å². The maximum Gasteiger partial charge on any atom is 0.267 e. The number of hydrogen-bond acceptors (Lipinski definition) is 4. The van der Waals surface area contributed by atoms with Gasteiger partial charge in [-0.25, -0.2) is 4.68 Å². The normalized spacial score (nSPS) is 10.4. The monoisotopic (exact) mass is 383 g/mol. The zero-order valence-electron chi connectivity index (χ0n) is 14.7. The van der Waals surface area contributed by atoms with Crippen LogP contribution in [0.3, 0.4) is 0 Å². The first-order chi connectivity index (χ1) is 13.0. The summed E-state index contributed by atoms with van der Waals surface area (Å²) >= 11 is 5.89. The Kier molecular flexibility index (Phi) is 5.88. The van der Waals surface area contributed by atoms with Crippen molar-refractivity contribution in [2.45, 2.75) is 13.1 Å². The van der Waals surface area contributed by atoms with Gasteiger partial charge in [-0.15, -0.1) is 0 Å². The lowest BCUT2D eigenvalue weighted by molar-refractivity contribution is -0.122. The molecule has 7 heteroatoms. The van der Waals surface area contributed by atoms with Gasteiger partial charge < -0.3 is 10.1 Å². The standard InChI is InChI=1S/C20H18ClN3O3/c1-27-17-8-2-14(3-9-17)12-22-19(25)13-24-20(26)11-10-18(23-24)15-4-6-16(21)7-5-15/h2-11H,12-13H2,1H3,(H,22,25). The third kappa shape index (κ3) is 4.95. The van der Waals surface area contributed by atoms with Gasteiger partial charge in [0.15, 0.2) is 0 Å². The molecule has 1 N–H and O–H groups in total. The molecule has 138 valence electrons. The van der Waals surface area contributed by atoms with Crippen molar-refractivity contribution < 1.29 is 9.53 Å². The number of benzene rings is 2. The average molecular weight is 384 g/mol. The van der Waals surface area contributed by atoms with E-state index in [1.165, 1.54) is 6.07 Å². The molecule has 0 aliphatic carbocycles. The highest BCUT2D eigenvalue weighted by Gasteiger charge is 2.08. The highest BCUT2D eigenvalue weighted by atomic mass is 35.5. The third-order valence-electron chi connectivity index (χ3n) is 3.95. The van der Waals surface area contributed by atoms with E-state index in [-0.39, 0.29) is 18.0 Å². The van der Waals surface area contributed by atoms with Crippen LogP contribution in [0.25, 0.3) is 11.3 Å². The summed E-state index contributed by atoms with van der Waals surface area (Å²) in [4.78, 5) is 24.2. The fourth-order valence-corrected chi connectivity index (χ4v) is 2.60. The fourth-order valence-electron chi connectivity index (χ4n) is 2.47. The number of hydrogen-bond donors (Lipinski definition) is 1. The van der Waals surface area contributed by atoms with E-state index in [1.54, 1.807) is 25.3 Å². The average Bonchev–Trinajstić information content (AvgIpc) is 2.69. The van der Waals surface area contributed by atoms with Crippen molar-refractivity contribution in [3.8, 4) is 17.0 Å². The maximum atomic E-state index is 12.2. The van der Waals surface area contributed by atoms with Crippen LogP contribution < -0.4 is 15.6 Å². The molecule has 0 spiro atoms. The molecular weight excluding hydrogens is 366 g/mol. The van der Waals surface area contributed by atoms with Gasteiger partial charge in [-0.3, -0.25) is 9.59 Å². The Morgan fingerprint density at radius 2 is 1.78 bits per heavy atom. The predicted octanol–water partition coefficient (Wildman–Crippen LogP) is 2.89. The van der Waals surface area contributed by atoms with Crippen molar-refractivity contribution in [3.63, 3.8) is 0 Å². The molecule has 0 saturated heterocycles. The second-order valence-electron chi connectivity index (χ2n) is 5.85. The van der Waals surface area contributed by atoms with Gasteiger partial charge in [-0.05, 0) is 35.9 Å². The molecule has 1 amide bonds. The van der Waals surface area contributed by atoms with E-state index < -0.39 is 0 Å². The van der Waals surface area contributed by atoms with Gasteiger partial charge in [0.2, 0.25) is 5.91 Å². The summed E-state index contributed by atoms with van der Waals surface area (Å²) in [7, 11) is 1.60. The van der Waals surface area contributed by atoms with E-state index in [0.717, 1.165) is 21.6 Å². The van der Waals surface area contributed by atoms with E-state index in [9.17, 15) is 9.59 Å². The van der Waals surface area contributed by atoms with Gasteiger partial charge in [-0.2, -0.15) is 5.10 Å². The van der Waals surface area contributed by atoms with E-state index >= 15 is 0 Å². The van der Waals surface area contributed by atoms with Crippen LogP contribution in [0.1, 0.15) is 5.56 Å². The lowest BCUT2D eigenvalue weighted by atomic mass is 10.1. The van der Waals surface area contributed by atoms with Crippen LogP contribution in [0.5, 0.6) is 5.75 Å². The molecular formula is C20H18ClN3O3. The largest absolute Gasteiger partial charge is 0.497 e. The van der Waals surface area contributed by atoms with E-state index in [4.69, 9.17) is 16.3 Å². The molecule has 3 aromatic rings. The van der Waals surface area contributed by atoms with Gasteiger partial charge in [0, 0.05) is 23.2 Å². The van der Waals surface area contributed by atoms with Crippen molar-refractivity contribution in [2.24, 2.45) is 0 Å². The highest BCUT2D eigenvalue weighted by Crippen LogP contribution is 2.18. The molecule has 0 unspecified atom stereocenters. The summed E-state index contributed by atoms with van der Waals surface area (Å²) in [6.45, 7) is 0.199. The first kappa shape index (κ1) is 18.7. The molecule has 0 aliphatic heterocycles. The quantitative estimate of drug-likeness (QED) is 0.710. The molecule has 6 nitrogen and oxygen atoms in total. The summed E-state index contributed by atoms with van der Waals surface area (Å²) in [6, 6.07) is 17.5. The Balaban J connectivity index is 1.67. The molecule has 1 heterocycles. The summed E-state index contributed by atoms with van der Waals surface area (Å²) in [5, 5.41) is 7.67. The molecule has 0 bridgehead atoms. The van der Waals surface area contributed by atoms with Gasteiger partial charge in [0.05, 0.1) is 12.8 Å². The molecule has 0 aliphatic rings. The summed E-state index contributed by atoms with van der Waals surface area (Å²) in [6.07, 6.45) is 0. The van der Waals surface area contributed by atoms with Crippen LogP contribution in [-0.4, -0.2) is 22.8 Å². The van der Waals surface area contributed by atoms with E-state index in [0.29, 0.717) is 17.3 Å².